The third kappa shape index (κ3) is 3.95. The summed E-state index contributed by atoms with van der Waals surface area (Å²) < 4.78 is 0.978. The molecule has 0 saturated carbocycles. The van der Waals surface area contributed by atoms with E-state index in [0.29, 0.717) is 22.8 Å². The van der Waals surface area contributed by atoms with E-state index < -0.39 is 0 Å². The van der Waals surface area contributed by atoms with Crippen LogP contribution in [0.2, 0.25) is 0 Å². The van der Waals surface area contributed by atoms with Gasteiger partial charge in [0.1, 0.15) is 11.5 Å². The van der Waals surface area contributed by atoms with E-state index in [1.165, 1.54) is 6.07 Å². The molecule has 1 heterocycles. The Bertz CT molecular complexity index is 1220. The van der Waals surface area contributed by atoms with Gasteiger partial charge in [-0.1, -0.05) is 40.2 Å². The van der Waals surface area contributed by atoms with Gasteiger partial charge >= 0.3 is 0 Å². The number of phenols is 2. The van der Waals surface area contributed by atoms with Crippen molar-refractivity contribution in [3.8, 4) is 22.9 Å². The van der Waals surface area contributed by atoms with Crippen LogP contribution in [0.1, 0.15) is 11.1 Å². The average Bonchev–Trinajstić information content (AvgIpc) is 2.74. The summed E-state index contributed by atoms with van der Waals surface area (Å²) in [6.45, 7) is 1.81. The van der Waals surface area contributed by atoms with Gasteiger partial charge in [-0.3, -0.25) is 0 Å². The van der Waals surface area contributed by atoms with E-state index in [0.717, 1.165) is 20.9 Å². The molecule has 0 amide bonds. The Morgan fingerprint density at radius 3 is 2.48 bits per heavy atom. The minimum atomic E-state index is 0.0204. The zero-order chi connectivity index (χ0) is 20.4. The Kier molecular flexibility index (Phi) is 5.22. The minimum absolute atomic E-state index is 0.0204. The standard InChI is InChI=1S/C22H17BrN4O2/c1-13-19(28)11-8-15(20(13)29)12-24-27-22-17-4-2-3-5-18(17)25-21(26-22)14-6-9-16(23)10-7-14/h2-11,28-29H,12H2,1H3. The molecule has 2 N–H and O–H groups in total. The summed E-state index contributed by atoms with van der Waals surface area (Å²) in [7, 11) is 0. The molecule has 0 saturated heterocycles. The fraction of sp³-hybridized carbons (Fsp3) is 0.0909. The van der Waals surface area contributed by atoms with Crippen molar-refractivity contribution in [1.82, 2.24) is 9.97 Å². The molecule has 4 aromatic rings. The molecule has 0 radical (unpaired) electrons. The van der Waals surface area contributed by atoms with Crippen LogP contribution in [0.5, 0.6) is 11.5 Å². The van der Waals surface area contributed by atoms with Crippen molar-refractivity contribution in [2.75, 3.05) is 0 Å². The number of hydrogen-bond acceptors (Lipinski definition) is 6. The van der Waals surface area contributed by atoms with E-state index in [4.69, 9.17) is 0 Å². The first-order chi connectivity index (χ1) is 14.0. The number of azo groups is 1. The van der Waals surface area contributed by atoms with Gasteiger partial charge in [-0.15, -0.1) is 5.11 Å². The van der Waals surface area contributed by atoms with Gasteiger partial charge in [0, 0.05) is 26.5 Å². The topological polar surface area (TPSA) is 91.0 Å². The SMILES string of the molecule is Cc1c(O)ccc(CN=Nc2nc(-c3ccc(Br)cc3)nc3ccccc23)c1O. The average molecular weight is 449 g/mol. The first-order valence-electron chi connectivity index (χ1n) is 8.93. The number of nitrogens with zero attached hydrogens (tertiary/aromatic N) is 4. The summed E-state index contributed by atoms with van der Waals surface area (Å²) in [4.78, 5) is 9.24. The number of phenolic OH excluding ortho intramolecular Hbond substituents is 2. The van der Waals surface area contributed by atoms with Crippen molar-refractivity contribution in [3.05, 3.63) is 76.3 Å². The zero-order valence-electron chi connectivity index (χ0n) is 15.5. The van der Waals surface area contributed by atoms with Gasteiger partial charge in [0.15, 0.2) is 11.6 Å². The predicted molar refractivity (Wildman–Crippen MR) is 115 cm³/mol. The highest BCUT2D eigenvalue weighted by Gasteiger charge is 2.10. The number of fused-ring (bicyclic) bond motifs is 1. The molecule has 6 nitrogen and oxygen atoms in total. The van der Waals surface area contributed by atoms with Gasteiger partial charge in [0.05, 0.1) is 12.1 Å². The van der Waals surface area contributed by atoms with E-state index >= 15 is 0 Å². The Hall–Kier alpha value is -3.32. The summed E-state index contributed by atoms with van der Waals surface area (Å²) in [5, 5.41) is 29.2. The van der Waals surface area contributed by atoms with Gasteiger partial charge in [0.25, 0.3) is 0 Å². The number of para-hydroxylation sites is 1. The van der Waals surface area contributed by atoms with Crippen LogP contribution in [0.15, 0.2) is 75.4 Å². The molecular weight excluding hydrogens is 432 g/mol. The number of halogens is 1. The van der Waals surface area contributed by atoms with Gasteiger partial charge in [-0.2, -0.15) is 5.11 Å². The van der Waals surface area contributed by atoms with Crippen molar-refractivity contribution in [2.45, 2.75) is 13.5 Å². The Morgan fingerprint density at radius 2 is 1.69 bits per heavy atom. The summed E-state index contributed by atoms with van der Waals surface area (Å²) in [5.74, 6) is 1.09. The quantitative estimate of drug-likeness (QED) is 0.371. The molecule has 0 aliphatic rings. The van der Waals surface area contributed by atoms with Crippen LogP contribution < -0.4 is 0 Å². The zero-order valence-corrected chi connectivity index (χ0v) is 17.1. The lowest BCUT2D eigenvalue weighted by atomic mass is 10.1. The van der Waals surface area contributed by atoms with Crippen LogP contribution >= 0.6 is 15.9 Å². The van der Waals surface area contributed by atoms with Crippen molar-refractivity contribution in [1.29, 1.82) is 0 Å². The Morgan fingerprint density at radius 1 is 0.931 bits per heavy atom. The minimum Gasteiger partial charge on any atom is -0.508 e. The molecule has 0 spiro atoms. The number of aromatic nitrogens is 2. The fourth-order valence-electron chi connectivity index (χ4n) is 2.92. The van der Waals surface area contributed by atoms with Crippen LogP contribution in [0.4, 0.5) is 5.82 Å². The van der Waals surface area contributed by atoms with E-state index in [-0.39, 0.29) is 18.0 Å². The molecule has 4 rings (SSSR count). The third-order valence-electron chi connectivity index (χ3n) is 4.58. The highest BCUT2D eigenvalue weighted by atomic mass is 79.9. The van der Waals surface area contributed by atoms with Crippen molar-refractivity contribution in [3.63, 3.8) is 0 Å². The first kappa shape index (κ1) is 19.0. The Labute approximate surface area is 175 Å². The number of aromatic hydroxyl groups is 2. The van der Waals surface area contributed by atoms with Gasteiger partial charge < -0.3 is 10.2 Å². The highest BCUT2D eigenvalue weighted by Crippen LogP contribution is 2.31. The lowest BCUT2D eigenvalue weighted by Crippen LogP contribution is -1.91. The molecule has 0 atom stereocenters. The second kappa shape index (κ2) is 7.97. The lowest BCUT2D eigenvalue weighted by Gasteiger charge is -2.07. The van der Waals surface area contributed by atoms with E-state index in [9.17, 15) is 10.2 Å². The van der Waals surface area contributed by atoms with Crippen LogP contribution in [0, 0.1) is 6.92 Å². The van der Waals surface area contributed by atoms with Gasteiger partial charge in [0.2, 0.25) is 0 Å². The van der Waals surface area contributed by atoms with Crippen molar-refractivity contribution < 1.29 is 10.2 Å². The molecule has 7 heteroatoms. The molecule has 29 heavy (non-hydrogen) atoms. The normalized spacial score (nSPS) is 11.4. The molecule has 0 bridgehead atoms. The second-order valence-corrected chi connectivity index (χ2v) is 7.43. The van der Waals surface area contributed by atoms with E-state index in [2.05, 4.69) is 36.1 Å². The monoisotopic (exact) mass is 448 g/mol. The van der Waals surface area contributed by atoms with Crippen LogP contribution in [-0.4, -0.2) is 20.2 Å². The Balaban J connectivity index is 1.72. The van der Waals surface area contributed by atoms with Crippen LogP contribution in [0.25, 0.3) is 22.3 Å². The maximum Gasteiger partial charge on any atom is 0.185 e. The largest absolute Gasteiger partial charge is 0.508 e. The maximum atomic E-state index is 10.2. The molecule has 1 aromatic heterocycles. The highest BCUT2D eigenvalue weighted by molar-refractivity contribution is 9.10. The van der Waals surface area contributed by atoms with E-state index in [1.807, 2.05) is 48.5 Å². The predicted octanol–water partition coefficient (Wildman–Crippen LogP) is 6.06. The first-order valence-corrected chi connectivity index (χ1v) is 9.73. The maximum absolute atomic E-state index is 10.2. The molecule has 0 unspecified atom stereocenters. The summed E-state index contributed by atoms with van der Waals surface area (Å²) in [5.41, 5.74) is 2.65. The molecular formula is C22H17BrN4O2. The summed E-state index contributed by atoms with van der Waals surface area (Å²) in [6, 6.07) is 18.5. The van der Waals surface area contributed by atoms with Crippen LogP contribution in [0.3, 0.4) is 0 Å². The lowest BCUT2D eigenvalue weighted by molar-refractivity contribution is 0.438. The molecule has 144 valence electrons. The van der Waals surface area contributed by atoms with Gasteiger partial charge in [-0.05, 0) is 43.3 Å². The fourth-order valence-corrected chi connectivity index (χ4v) is 3.18. The molecule has 3 aromatic carbocycles. The van der Waals surface area contributed by atoms with Crippen molar-refractivity contribution >= 4 is 32.7 Å². The number of rotatable bonds is 4. The molecule has 0 fully saturated rings. The van der Waals surface area contributed by atoms with Crippen molar-refractivity contribution in [2.24, 2.45) is 10.2 Å². The summed E-state index contributed by atoms with van der Waals surface area (Å²) >= 11 is 3.43. The van der Waals surface area contributed by atoms with E-state index in [1.54, 1.807) is 13.0 Å². The smallest absolute Gasteiger partial charge is 0.185 e. The number of benzene rings is 3. The second-order valence-electron chi connectivity index (χ2n) is 6.51. The number of hydrogen-bond donors (Lipinski definition) is 2. The third-order valence-corrected chi connectivity index (χ3v) is 5.11. The molecule has 0 aliphatic heterocycles. The molecule has 0 aliphatic carbocycles. The van der Waals surface area contributed by atoms with Gasteiger partial charge in [-0.25, -0.2) is 9.97 Å². The summed E-state index contributed by atoms with van der Waals surface area (Å²) in [6.07, 6.45) is 0. The van der Waals surface area contributed by atoms with Crippen LogP contribution in [-0.2, 0) is 6.54 Å².